The monoisotopic (exact) mass is 372 g/mol. The zero-order valence-electron chi connectivity index (χ0n) is 14.4. The molecule has 2 N–H and O–H groups in total. The van der Waals surface area contributed by atoms with E-state index in [0.717, 1.165) is 16.9 Å². The van der Waals surface area contributed by atoms with Crippen molar-refractivity contribution in [3.05, 3.63) is 46.2 Å². The van der Waals surface area contributed by atoms with Crippen LogP contribution in [0, 0.1) is 5.92 Å². The maximum absolute atomic E-state index is 12.4. The minimum Gasteiger partial charge on any atom is -0.450 e. The summed E-state index contributed by atoms with van der Waals surface area (Å²) in [6.07, 6.45) is 1.22. The Morgan fingerprint density at radius 2 is 1.85 bits per heavy atom. The summed E-state index contributed by atoms with van der Waals surface area (Å²) in [7, 11) is 0. The number of rotatable bonds is 5. The summed E-state index contributed by atoms with van der Waals surface area (Å²) in [6.45, 7) is 2.03. The fraction of sp³-hybridized carbons (Fsp3) is 0.316. The van der Waals surface area contributed by atoms with E-state index in [1.165, 1.54) is 0 Å². The Bertz CT molecular complexity index is 813. The van der Waals surface area contributed by atoms with Crippen molar-refractivity contribution in [2.24, 2.45) is 5.92 Å². The highest BCUT2D eigenvalue weighted by molar-refractivity contribution is 7.10. The lowest BCUT2D eigenvalue weighted by atomic mass is 9.85. The Balaban J connectivity index is 1.54. The van der Waals surface area contributed by atoms with Crippen LogP contribution in [0.4, 0.5) is 16.2 Å². The fourth-order valence-electron chi connectivity index (χ4n) is 2.96. The smallest absolute Gasteiger partial charge is 0.411 e. The molecule has 1 atom stereocenters. The summed E-state index contributed by atoms with van der Waals surface area (Å²) in [5.74, 6) is -0.383. The molecule has 3 rings (SSSR count). The summed E-state index contributed by atoms with van der Waals surface area (Å²) in [4.78, 5) is 37.2. The van der Waals surface area contributed by atoms with Crippen LogP contribution in [-0.4, -0.2) is 24.4 Å². The number of ketones is 1. The second-order valence-electron chi connectivity index (χ2n) is 6.03. The Hall–Kier alpha value is -2.67. The van der Waals surface area contributed by atoms with Gasteiger partial charge in [-0.1, -0.05) is 0 Å². The van der Waals surface area contributed by atoms with E-state index in [1.807, 2.05) is 11.4 Å². The largest absolute Gasteiger partial charge is 0.450 e. The maximum Gasteiger partial charge on any atom is 0.411 e. The summed E-state index contributed by atoms with van der Waals surface area (Å²) >= 11 is 1.60. The first-order chi connectivity index (χ1) is 12.6. The van der Waals surface area contributed by atoms with Gasteiger partial charge in [0.15, 0.2) is 5.78 Å². The van der Waals surface area contributed by atoms with Crippen molar-refractivity contribution < 1.29 is 19.1 Å². The first-order valence-corrected chi connectivity index (χ1v) is 9.39. The van der Waals surface area contributed by atoms with Gasteiger partial charge in [-0.05, 0) is 55.5 Å². The number of benzene rings is 1. The van der Waals surface area contributed by atoms with Gasteiger partial charge in [-0.3, -0.25) is 14.9 Å². The Morgan fingerprint density at radius 3 is 2.54 bits per heavy atom. The highest BCUT2D eigenvalue weighted by Crippen LogP contribution is 2.31. The van der Waals surface area contributed by atoms with E-state index in [4.69, 9.17) is 4.74 Å². The molecule has 7 heteroatoms. The van der Waals surface area contributed by atoms with Crippen LogP contribution in [0.2, 0.25) is 0 Å². The van der Waals surface area contributed by atoms with Crippen LogP contribution in [0.25, 0.3) is 0 Å². The number of hydrogen-bond donors (Lipinski definition) is 2. The van der Waals surface area contributed by atoms with Gasteiger partial charge in [-0.15, -0.1) is 11.3 Å². The molecule has 0 saturated carbocycles. The van der Waals surface area contributed by atoms with E-state index in [-0.39, 0.29) is 24.0 Å². The molecule has 0 fully saturated rings. The van der Waals surface area contributed by atoms with Gasteiger partial charge in [-0.25, -0.2) is 4.79 Å². The second-order valence-corrected chi connectivity index (χ2v) is 7.03. The van der Waals surface area contributed by atoms with Crippen molar-refractivity contribution in [3.63, 3.8) is 0 Å². The van der Waals surface area contributed by atoms with Crippen molar-refractivity contribution in [2.75, 3.05) is 17.2 Å². The molecule has 136 valence electrons. The fourth-order valence-corrected chi connectivity index (χ4v) is 3.86. The third-order valence-electron chi connectivity index (χ3n) is 4.22. The van der Waals surface area contributed by atoms with Gasteiger partial charge in [0.2, 0.25) is 5.91 Å². The SMILES string of the molecule is CCOC(=O)Nc1ccc(NC(=O)CC2CCc3sccc3C2=O)cc1. The molecule has 0 spiro atoms. The number of carbonyl (C=O) groups is 3. The summed E-state index contributed by atoms with van der Waals surface area (Å²) in [5, 5.41) is 7.31. The first kappa shape index (κ1) is 18.1. The van der Waals surface area contributed by atoms with Crippen LogP contribution in [0.3, 0.4) is 0 Å². The van der Waals surface area contributed by atoms with Gasteiger partial charge in [0, 0.05) is 34.2 Å². The lowest BCUT2D eigenvalue weighted by molar-refractivity contribution is -0.116. The van der Waals surface area contributed by atoms with Gasteiger partial charge in [-0.2, -0.15) is 0 Å². The van der Waals surface area contributed by atoms with E-state index >= 15 is 0 Å². The number of amides is 2. The number of carbonyl (C=O) groups excluding carboxylic acids is 3. The second kappa shape index (κ2) is 8.14. The van der Waals surface area contributed by atoms with Crippen molar-refractivity contribution in [1.29, 1.82) is 0 Å². The van der Waals surface area contributed by atoms with Crippen LogP contribution in [0.15, 0.2) is 35.7 Å². The molecule has 1 aromatic carbocycles. The zero-order valence-corrected chi connectivity index (χ0v) is 15.2. The Morgan fingerprint density at radius 1 is 1.15 bits per heavy atom. The molecular formula is C19H20N2O4S. The Kier molecular flexibility index (Phi) is 5.68. The van der Waals surface area contributed by atoms with Crippen molar-refractivity contribution in [3.8, 4) is 0 Å². The number of thiophene rings is 1. The number of ether oxygens (including phenoxy) is 1. The molecule has 0 saturated heterocycles. The highest BCUT2D eigenvalue weighted by Gasteiger charge is 2.29. The molecule has 6 nitrogen and oxygen atoms in total. The normalized spacial score (nSPS) is 15.9. The third kappa shape index (κ3) is 4.29. The molecule has 1 aromatic heterocycles. The molecule has 0 bridgehead atoms. The lowest BCUT2D eigenvalue weighted by Crippen LogP contribution is -2.26. The van der Waals surface area contributed by atoms with Crippen molar-refractivity contribution >= 4 is 40.5 Å². The first-order valence-electron chi connectivity index (χ1n) is 8.51. The molecule has 1 aliphatic carbocycles. The number of hydrogen-bond acceptors (Lipinski definition) is 5. The third-order valence-corrected chi connectivity index (χ3v) is 5.20. The van der Waals surface area contributed by atoms with E-state index in [0.29, 0.717) is 24.4 Å². The van der Waals surface area contributed by atoms with Crippen LogP contribution in [-0.2, 0) is 16.0 Å². The molecule has 1 unspecified atom stereocenters. The van der Waals surface area contributed by atoms with Crippen LogP contribution >= 0.6 is 11.3 Å². The van der Waals surface area contributed by atoms with Crippen LogP contribution in [0.5, 0.6) is 0 Å². The number of fused-ring (bicyclic) bond motifs is 1. The Labute approximate surface area is 155 Å². The minimum absolute atomic E-state index is 0.0663. The van der Waals surface area contributed by atoms with E-state index in [2.05, 4.69) is 10.6 Å². The van der Waals surface area contributed by atoms with Crippen molar-refractivity contribution in [2.45, 2.75) is 26.2 Å². The van der Waals surface area contributed by atoms with E-state index in [9.17, 15) is 14.4 Å². The quantitative estimate of drug-likeness (QED) is 0.828. The maximum atomic E-state index is 12.4. The topological polar surface area (TPSA) is 84.5 Å². The number of nitrogens with one attached hydrogen (secondary N) is 2. The molecule has 0 aliphatic heterocycles. The number of aryl methyl sites for hydroxylation is 1. The molecule has 1 heterocycles. The van der Waals surface area contributed by atoms with Gasteiger partial charge >= 0.3 is 6.09 Å². The number of Topliss-reactive ketones (excluding diaryl/α,β-unsaturated/α-hetero) is 1. The van der Waals surface area contributed by atoms with Crippen LogP contribution in [0.1, 0.15) is 35.0 Å². The molecule has 0 radical (unpaired) electrons. The van der Waals surface area contributed by atoms with Crippen LogP contribution < -0.4 is 10.6 Å². The highest BCUT2D eigenvalue weighted by atomic mass is 32.1. The van der Waals surface area contributed by atoms with Gasteiger partial charge in [0.05, 0.1) is 6.61 Å². The van der Waals surface area contributed by atoms with Crippen molar-refractivity contribution in [1.82, 2.24) is 0 Å². The average molecular weight is 372 g/mol. The van der Waals surface area contributed by atoms with Gasteiger partial charge in [0.1, 0.15) is 0 Å². The predicted octanol–water partition coefficient (Wildman–Crippen LogP) is 4.09. The summed E-state index contributed by atoms with van der Waals surface area (Å²) in [6, 6.07) is 8.59. The molecule has 26 heavy (non-hydrogen) atoms. The van der Waals surface area contributed by atoms with Gasteiger partial charge < -0.3 is 10.1 Å². The molecule has 1 aliphatic rings. The molecule has 2 amide bonds. The summed E-state index contributed by atoms with van der Waals surface area (Å²) in [5.41, 5.74) is 1.96. The minimum atomic E-state index is -0.520. The van der Waals surface area contributed by atoms with E-state index < -0.39 is 6.09 Å². The number of anilines is 2. The zero-order chi connectivity index (χ0) is 18.5. The average Bonchev–Trinajstić information content (AvgIpc) is 3.09. The van der Waals surface area contributed by atoms with E-state index in [1.54, 1.807) is 42.5 Å². The predicted molar refractivity (Wildman–Crippen MR) is 101 cm³/mol. The standard InChI is InChI=1S/C19H20N2O4S/c1-2-25-19(24)21-14-6-4-13(5-7-14)20-17(22)11-12-3-8-16-15(18(12)23)9-10-26-16/h4-7,9-10,12H,2-3,8,11H2,1H3,(H,20,22)(H,21,24). The summed E-state index contributed by atoms with van der Waals surface area (Å²) < 4.78 is 4.80. The molecular weight excluding hydrogens is 352 g/mol. The molecule has 2 aromatic rings. The van der Waals surface area contributed by atoms with Gasteiger partial charge in [0.25, 0.3) is 0 Å². The lowest BCUT2D eigenvalue weighted by Gasteiger charge is -2.20.